The fourth-order valence-corrected chi connectivity index (χ4v) is 3.39. The van der Waals surface area contributed by atoms with Crippen LogP contribution < -0.4 is 0 Å². The highest BCUT2D eigenvalue weighted by atomic mass is 32.2. The standard InChI is InChI=1S/C13H12O2S2/c1-9-10(7-12(17-9)13(14)15)8-16-11-5-3-2-4-6-11/h2-7H,8H2,1H3,(H,14,15). The summed E-state index contributed by atoms with van der Waals surface area (Å²) in [5.74, 6) is -0.0198. The Kier molecular flexibility index (Phi) is 3.86. The zero-order valence-corrected chi connectivity index (χ0v) is 11.0. The average Bonchev–Trinajstić information content (AvgIpc) is 2.70. The molecule has 0 saturated carbocycles. The molecule has 1 aromatic heterocycles. The molecule has 17 heavy (non-hydrogen) atoms. The van der Waals surface area contributed by atoms with Gasteiger partial charge < -0.3 is 5.11 Å². The van der Waals surface area contributed by atoms with E-state index in [2.05, 4.69) is 12.1 Å². The van der Waals surface area contributed by atoms with E-state index in [-0.39, 0.29) is 0 Å². The third-order valence-corrected chi connectivity index (χ3v) is 4.51. The summed E-state index contributed by atoms with van der Waals surface area (Å²) in [5.41, 5.74) is 1.11. The zero-order valence-electron chi connectivity index (χ0n) is 9.34. The first-order valence-electron chi connectivity index (χ1n) is 5.17. The molecule has 0 aliphatic rings. The van der Waals surface area contributed by atoms with Crippen LogP contribution in [0.2, 0.25) is 0 Å². The molecule has 2 aromatic rings. The summed E-state index contributed by atoms with van der Waals surface area (Å²) in [6.45, 7) is 1.97. The summed E-state index contributed by atoms with van der Waals surface area (Å²) in [4.78, 5) is 13.6. The van der Waals surface area contributed by atoms with Crippen molar-refractivity contribution in [1.29, 1.82) is 0 Å². The number of rotatable bonds is 4. The first-order valence-corrected chi connectivity index (χ1v) is 6.97. The molecule has 0 amide bonds. The Labute approximate surface area is 108 Å². The maximum absolute atomic E-state index is 10.8. The molecule has 0 fully saturated rings. The maximum Gasteiger partial charge on any atom is 0.345 e. The summed E-state index contributed by atoms with van der Waals surface area (Å²) in [5, 5.41) is 8.91. The molecule has 1 heterocycles. The van der Waals surface area contributed by atoms with Gasteiger partial charge >= 0.3 is 5.97 Å². The summed E-state index contributed by atoms with van der Waals surface area (Å²) in [6, 6.07) is 11.9. The lowest BCUT2D eigenvalue weighted by molar-refractivity contribution is 0.0702. The first-order chi connectivity index (χ1) is 8.16. The van der Waals surface area contributed by atoms with Crippen LogP contribution in [0.15, 0.2) is 41.3 Å². The van der Waals surface area contributed by atoms with Gasteiger partial charge in [-0.1, -0.05) is 18.2 Å². The number of hydrogen-bond acceptors (Lipinski definition) is 3. The number of hydrogen-bond donors (Lipinski definition) is 1. The van der Waals surface area contributed by atoms with Crippen molar-refractivity contribution in [3.8, 4) is 0 Å². The third-order valence-electron chi connectivity index (χ3n) is 2.37. The van der Waals surface area contributed by atoms with Crippen molar-refractivity contribution in [3.63, 3.8) is 0 Å². The van der Waals surface area contributed by atoms with Crippen molar-refractivity contribution in [3.05, 3.63) is 51.7 Å². The van der Waals surface area contributed by atoms with Crippen LogP contribution in [0.3, 0.4) is 0 Å². The smallest absolute Gasteiger partial charge is 0.345 e. The Balaban J connectivity index is 2.07. The summed E-state index contributed by atoms with van der Waals surface area (Å²) >= 11 is 3.07. The summed E-state index contributed by atoms with van der Waals surface area (Å²) in [7, 11) is 0. The minimum Gasteiger partial charge on any atom is -0.477 e. The molecule has 0 aliphatic heterocycles. The highest BCUT2D eigenvalue weighted by Gasteiger charge is 2.10. The van der Waals surface area contributed by atoms with Crippen molar-refractivity contribution in [2.24, 2.45) is 0 Å². The van der Waals surface area contributed by atoms with Crippen LogP contribution in [0.1, 0.15) is 20.1 Å². The number of aromatic carboxylic acids is 1. The van der Waals surface area contributed by atoms with Gasteiger partial charge in [-0.05, 0) is 30.7 Å². The number of carbonyl (C=O) groups is 1. The van der Waals surface area contributed by atoms with E-state index in [0.717, 1.165) is 16.2 Å². The highest BCUT2D eigenvalue weighted by molar-refractivity contribution is 7.98. The topological polar surface area (TPSA) is 37.3 Å². The first kappa shape index (κ1) is 12.2. The van der Waals surface area contributed by atoms with Crippen molar-refractivity contribution in [2.75, 3.05) is 0 Å². The summed E-state index contributed by atoms with van der Waals surface area (Å²) < 4.78 is 0. The van der Waals surface area contributed by atoms with Crippen LogP contribution >= 0.6 is 23.1 Å². The van der Waals surface area contributed by atoms with E-state index in [1.165, 1.54) is 16.2 Å². The van der Waals surface area contributed by atoms with Gasteiger partial charge in [0.2, 0.25) is 0 Å². The predicted molar refractivity (Wildman–Crippen MR) is 72.0 cm³/mol. The Hall–Kier alpha value is -1.26. The predicted octanol–water partition coefficient (Wildman–Crippen LogP) is 4.05. The SMILES string of the molecule is Cc1sc(C(=O)O)cc1CSc1ccccc1. The van der Waals surface area contributed by atoms with Gasteiger partial charge in [0.15, 0.2) is 0 Å². The zero-order chi connectivity index (χ0) is 12.3. The second-order valence-corrected chi connectivity index (χ2v) is 5.90. The van der Waals surface area contributed by atoms with Gasteiger partial charge in [0.05, 0.1) is 0 Å². The fourth-order valence-electron chi connectivity index (χ4n) is 1.45. The van der Waals surface area contributed by atoms with Gasteiger partial charge in [-0.25, -0.2) is 4.79 Å². The van der Waals surface area contributed by atoms with Crippen LogP contribution in [-0.4, -0.2) is 11.1 Å². The Morgan fingerprint density at radius 3 is 2.65 bits per heavy atom. The van der Waals surface area contributed by atoms with Gasteiger partial charge in [0.1, 0.15) is 4.88 Å². The molecule has 0 spiro atoms. The molecule has 0 radical (unpaired) electrons. The molecule has 1 aromatic carbocycles. The van der Waals surface area contributed by atoms with E-state index in [0.29, 0.717) is 4.88 Å². The average molecular weight is 264 g/mol. The van der Waals surface area contributed by atoms with E-state index in [4.69, 9.17) is 5.11 Å². The largest absolute Gasteiger partial charge is 0.477 e. The Morgan fingerprint density at radius 2 is 2.06 bits per heavy atom. The molecule has 4 heteroatoms. The second-order valence-electron chi connectivity index (χ2n) is 3.60. The lowest BCUT2D eigenvalue weighted by Crippen LogP contribution is -1.90. The maximum atomic E-state index is 10.8. The number of benzene rings is 1. The number of thiophene rings is 1. The van der Waals surface area contributed by atoms with Gasteiger partial charge in [-0.2, -0.15) is 0 Å². The van der Waals surface area contributed by atoms with Crippen LogP contribution in [-0.2, 0) is 5.75 Å². The van der Waals surface area contributed by atoms with Crippen LogP contribution in [0, 0.1) is 6.92 Å². The summed E-state index contributed by atoms with van der Waals surface area (Å²) in [6.07, 6.45) is 0. The molecule has 0 unspecified atom stereocenters. The van der Waals surface area contributed by atoms with Gasteiger partial charge in [0.25, 0.3) is 0 Å². The molecule has 0 atom stereocenters. The van der Waals surface area contributed by atoms with Crippen molar-refractivity contribution < 1.29 is 9.90 Å². The molecule has 88 valence electrons. The molecule has 0 bridgehead atoms. The van der Waals surface area contributed by atoms with Crippen LogP contribution in [0.4, 0.5) is 0 Å². The van der Waals surface area contributed by atoms with Crippen LogP contribution in [0.5, 0.6) is 0 Å². The minimum absolute atomic E-state index is 0.422. The van der Waals surface area contributed by atoms with Crippen molar-refractivity contribution >= 4 is 29.1 Å². The van der Waals surface area contributed by atoms with Crippen molar-refractivity contribution in [2.45, 2.75) is 17.6 Å². The number of aryl methyl sites for hydroxylation is 1. The molecule has 2 rings (SSSR count). The van der Waals surface area contributed by atoms with Gasteiger partial charge in [0, 0.05) is 15.5 Å². The normalized spacial score (nSPS) is 10.4. The minimum atomic E-state index is -0.839. The Bertz CT molecular complexity index is 517. The van der Waals surface area contributed by atoms with E-state index in [9.17, 15) is 4.79 Å². The second kappa shape index (κ2) is 5.38. The van der Waals surface area contributed by atoms with E-state index < -0.39 is 5.97 Å². The highest BCUT2D eigenvalue weighted by Crippen LogP contribution is 2.28. The van der Waals surface area contributed by atoms with E-state index in [1.54, 1.807) is 17.8 Å². The molecule has 2 nitrogen and oxygen atoms in total. The number of carboxylic acid groups (broad SMARTS) is 1. The quantitative estimate of drug-likeness (QED) is 0.847. The number of thioether (sulfide) groups is 1. The van der Waals surface area contributed by atoms with Gasteiger partial charge in [-0.3, -0.25) is 0 Å². The van der Waals surface area contributed by atoms with E-state index in [1.807, 2.05) is 25.1 Å². The third kappa shape index (κ3) is 3.11. The Morgan fingerprint density at radius 1 is 1.35 bits per heavy atom. The fraction of sp³-hybridized carbons (Fsp3) is 0.154. The molecule has 1 N–H and O–H groups in total. The lowest BCUT2D eigenvalue weighted by atomic mass is 10.3. The van der Waals surface area contributed by atoms with Gasteiger partial charge in [-0.15, -0.1) is 23.1 Å². The molecular formula is C13H12O2S2. The van der Waals surface area contributed by atoms with E-state index >= 15 is 0 Å². The molecule has 0 saturated heterocycles. The number of carboxylic acids is 1. The van der Waals surface area contributed by atoms with Crippen molar-refractivity contribution in [1.82, 2.24) is 0 Å². The lowest BCUT2D eigenvalue weighted by Gasteiger charge is -2.00. The monoisotopic (exact) mass is 264 g/mol. The molecular weight excluding hydrogens is 252 g/mol. The molecule has 0 aliphatic carbocycles. The van der Waals surface area contributed by atoms with Crippen LogP contribution in [0.25, 0.3) is 0 Å².